The van der Waals surface area contributed by atoms with Crippen LogP contribution in [-0.4, -0.2) is 70.1 Å². The topological polar surface area (TPSA) is 68.5 Å². The summed E-state index contributed by atoms with van der Waals surface area (Å²) in [4.78, 5) is 14.2. The first-order valence-electron chi connectivity index (χ1n) is 11.5. The molecule has 0 spiro atoms. The van der Waals surface area contributed by atoms with E-state index in [1.807, 2.05) is 29.2 Å². The Morgan fingerprint density at radius 2 is 1.94 bits per heavy atom. The Morgan fingerprint density at radius 1 is 1.00 bits per heavy atom. The maximum atomic E-state index is 5.77. The van der Waals surface area contributed by atoms with E-state index in [1.165, 1.54) is 19.5 Å². The van der Waals surface area contributed by atoms with Crippen LogP contribution in [0.5, 0.6) is 5.88 Å². The summed E-state index contributed by atoms with van der Waals surface area (Å²) in [5, 5.41) is 4.81. The molecule has 2 atom stereocenters. The van der Waals surface area contributed by atoms with E-state index >= 15 is 0 Å². The van der Waals surface area contributed by atoms with Crippen molar-refractivity contribution in [3.63, 3.8) is 0 Å². The van der Waals surface area contributed by atoms with Crippen LogP contribution >= 0.6 is 0 Å². The second-order valence-electron chi connectivity index (χ2n) is 9.37. The van der Waals surface area contributed by atoms with Crippen LogP contribution in [0.2, 0.25) is 0 Å². The Morgan fingerprint density at radius 3 is 2.78 bits per heavy atom. The Labute approximate surface area is 186 Å². The second-order valence-corrected chi connectivity index (χ2v) is 9.37. The second kappa shape index (κ2) is 7.28. The first kappa shape index (κ1) is 18.6. The van der Waals surface area contributed by atoms with Gasteiger partial charge in [0.05, 0.1) is 36.7 Å². The highest BCUT2D eigenvalue weighted by Crippen LogP contribution is 2.36. The van der Waals surface area contributed by atoms with Gasteiger partial charge in [-0.2, -0.15) is 5.10 Å². The predicted octanol–water partition coefficient (Wildman–Crippen LogP) is 2.38. The lowest BCUT2D eigenvalue weighted by molar-refractivity contribution is -0.0586. The SMILES string of the molecule is c1cnc2c(c1)-c1nn(-c3ccc(N4CCC5CN(C6COC6)CC5C4)nc3)cc1CO2. The third-order valence-corrected chi connectivity index (χ3v) is 7.47. The van der Waals surface area contributed by atoms with Gasteiger partial charge in [-0.15, -0.1) is 0 Å². The third kappa shape index (κ3) is 3.01. The van der Waals surface area contributed by atoms with E-state index in [4.69, 9.17) is 19.6 Å². The highest BCUT2D eigenvalue weighted by atomic mass is 16.5. The molecule has 2 unspecified atom stereocenters. The zero-order chi connectivity index (χ0) is 21.1. The lowest BCUT2D eigenvalue weighted by Gasteiger charge is -2.35. The summed E-state index contributed by atoms with van der Waals surface area (Å²) in [6, 6.07) is 8.82. The highest BCUT2D eigenvalue weighted by Gasteiger charge is 2.41. The minimum atomic E-state index is 0.491. The van der Waals surface area contributed by atoms with Gasteiger partial charge in [0.2, 0.25) is 5.88 Å². The summed E-state index contributed by atoms with van der Waals surface area (Å²) >= 11 is 0. The summed E-state index contributed by atoms with van der Waals surface area (Å²) in [7, 11) is 0. The highest BCUT2D eigenvalue weighted by molar-refractivity contribution is 5.69. The van der Waals surface area contributed by atoms with Crippen molar-refractivity contribution in [3.05, 3.63) is 48.4 Å². The molecule has 164 valence electrons. The van der Waals surface area contributed by atoms with Crippen molar-refractivity contribution in [1.29, 1.82) is 0 Å². The van der Waals surface area contributed by atoms with E-state index in [0.717, 1.165) is 66.5 Å². The van der Waals surface area contributed by atoms with Crippen molar-refractivity contribution in [1.82, 2.24) is 24.6 Å². The number of anilines is 1. The normalized spacial score (nSPS) is 24.9. The molecule has 3 aromatic heterocycles. The predicted molar refractivity (Wildman–Crippen MR) is 119 cm³/mol. The fourth-order valence-electron chi connectivity index (χ4n) is 5.55. The average Bonchev–Trinajstić information content (AvgIpc) is 3.42. The maximum absolute atomic E-state index is 5.77. The number of fused-ring (bicyclic) bond motifs is 4. The van der Waals surface area contributed by atoms with Crippen molar-refractivity contribution in [2.24, 2.45) is 11.8 Å². The van der Waals surface area contributed by atoms with E-state index in [1.54, 1.807) is 6.20 Å². The van der Waals surface area contributed by atoms with Crippen LogP contribution in [0.4, 0.5) is 5.82 Å². The van der Waals surface area contributed by atoms with Crippen LogP contribution in [0.3, 0.4) is 0 Å². The number of ether oxygens (including phenoxy) is 2. The zero-order valence-electron chi connectivity index (χ0n) is 17.9. The number of piperidine rings is 1. The molecule has 0 bridgehead atoms. The van der Waals surface area contributed by atoms with Gasteiger partial charge < -0.3 is 14.4 Å². The van der Waals surface area contributed by atoms with Gasteiger partial charge in [-0.1, -0.05) is 0 Å². The van der Waals surface area contributed by atoms with Gasteiger partial charge in [-0.25, -0.2) is 14.6 Å². The molecule has 3 saturated heterocycles. The van der Waals surface area contributed by atoms with Crippen molar-refractivity contribution in [2.75, 3.05) is 44.3 Å². The first-order valence-corrected chi connectivity index (χ1v) is 11.5. The van der Waals surface area contributed by atoms with Gasteiger partial charge in [0.1, 0.15) is 18.1 Å². The van der Waals surface area contributed by atoms with Crippen LogP contribution in [0.1, 0.15) is 12.0 Å². The fraction of sp³-hybridized carbons (Fsp3) is 0.458. The number of rotatable bonds is 3. The summed E-state index contributed by atoms with van der Waals surface area (Å²) < 4.78 is 13.1. The van der Waals surface area contributed by atoms with E-state index in [2.05, 4.69) is 26.9 Å². The van der Waals surface area contributed by atoms with Gasteiger partial charge in [0.25, 0.3) is 0 Å². The Hall–Kier alpha value is -2.97. The number of nitrogens with zero attached hydrogens (tertiary/aromatic N) is 6. The van der Waals surface area contributed by atoms with Gasteiger partial charge >= 0.3 is 0 Å². The quantitative estimate of drug-likeness (QED) is 0.632. The van der Waals surface area contributed by atoms with E-state index in [0.29, 0.717) is 18.5 Å². The molecule has 7 rings (SSSR count). The number of aromatic nitrogens is 4. The van der Waals surface area contributed by atoms with E-state index in [9.17, 15) is 0 Å². The molecule has 0 N–H and O–H groups in total. The molecular formula is C24H26N6O2. The lowest BCUT2D eigenvalue weighted by atomic mass is 9.89. The molecule has 8 nitrogen and oxygen atoms in total. The van der Waals surface area contributed by atoms with Crippen molar-refractivity contribution in [2.45, 2.75) is 19.1 Å². The van der Waals surface area contributed by atoms with Crippen molar-refractivity contribution >= 4 is 5.82 Å². The summed E-state index contributed by atoms with van der Waals surface area (Å²) in [6.07, 6.45) is 6.96. The molecule has 0 saturated carbocycles. The fourth-order valence-corrected chi connectivity index (χ4v) is 5.55. The van der Waals surface area contributed by atoms with Crippen molar-refractivity contribution in [3.8, 4) is 22.8 Å². The van der Waals surface area contributed by atoms with Crippen LogP contribution in [-0.2, 0) is 11.3 Å². The monoisotopic (exact) mass is 430 g/mol. The lowest BCUT2D eigenvalue weighted by Crippen LogP contribution is -2.48. The van der Waals surface area contributed by atoms with E-state index < -0.39 is 0 Å². The van der Waals surface area contributed by atoms with Gasteiger partial charge in [0, 0.05) is 44.1 Å². The number of hydrogen-bond donors (Lipinski definition) is 0. The van der Waals surface area contributed by atoms with Crippen LogP contribution in [0, 0.1) is 11.8 Å². The smallest absolute Gasteiger partial charge is 0.223 e. The van der Waals surface area contributed by atoms with Gasteiger partial charge in [-0.3, -0.25) is 4.90 Å². The van der Waals surface area contributed by atoms with Crippen LogP contribution < -0.4 is 9.64 Å². The molecule has 4 aliphatic rings. The maximum Gasteiger partial charge on any atom is 0.223 e. The first-order chi connectivity index (χ1) is 15.8. The Balaban J connectivity index is 1.08. The minimum Gasteiger partial charge on any atom is -0.472 e. The molecule has 3 fully saturated rings. The largest absolute Gasteiger partial charge is 0.472 e. The molecule has 0 aliphatic carbocycles. The number of likely N-dealkylation sites (tertiary alicyclic amines) is 1. The zero-order valence-corrected chi connectivity index (χ0v) is 17.9. The molecule has 8 heteroatoms. The van der Waals surface area contributed by atoms with Crippen molar-refractivity contribution < 1.29 is 9.47 Å². The van der Waals surface area contributed by atoms with Crippen LogP contribution in [0.15, 0.2) is 42.9 Å². The summed E-state index contributed by atoms with van der Waals surface area (Å²) in [5.41, 5.74) is 3.91. The molecule has 32 heavy (non-hydrogen) atoms. The van der Waals surface area contributed by atoms with E-state index in [-0.39, 0.29) is 0 Å². The molecule has 7 heterocycles. The molecular weight excluding hydrogens is 404 g/mol. The number of pyridine rings is 2. The Kier molecular flexibility index (Phi) is 4.23. The molecule has 0 amide bonds. The molecule has 0 aromatic carbocycles. The van der Waals surface area contributed by atoms with Gasteiger partial charge in [-0.05, 0) is 42.5 Å². The van der Waals surface area contributed by atoms with Crippen LogP contribution in [0.25, 0.3) is 16.9 Å². The number of hydrogen-bond acceptors (Lipinski definition) is 7. The van der Waals surface area contributed by atoms with Gasteiger partial charge in [0.15, 0.2) is 0 Å². The average molecular weight is 431 g/mol. The Bertz CT molecular complexity index is 1140. The molecule has 4 aliphatic heterocycles. The summed E-state index contributed by atoms with van der Waals surface area (Å²) in [6.45, 7) is 6.94. The molecule has 3 aromatic rings. The minimum absolute atomic E-state index is 0.491. The molecule has 0 radical (unpaired) electrons. The summed E-state index contributed by atoms with van der Waals surface area (Å²) in [5.74, 6) is 3.27. The standard InChI is InChI=1S/C24H26N6O2/c1-2-21-23-18(13-32-24(21)25-6-1)12-30(27-23)19-3-4-22(26-8-19)28-7-5-16-9-29(11-17(16)10-28)20-14-31-15-20/h1-4,6,8,12,16-17,20H,5,7,9-11,13-15H2. The third-order valence-electron chi connectivity index (χ3n) is 7.47.